The standard InChI is InChI=1S/C9H13N3O3/c1-3-15-5-7-11-4-6(8(10)12-7)9(13)14-2/h4H,3,5H2,1-2H3,(H2,10,11,12). The van der Waals surface area contributed by atoms with E-state index in [0.29, 0.717) is 12.4 Å². The van der Waals surface area contributed by atoms with Crippen LogP contribution in [-0.4, -0.2) is 29.7 Å². The average molecular weight is 211 g/mol. The van der Waals surface area contributed by atoms with Crippen LogP contribution in [0.1, 0.15) is 23.1 Å². The maximum atomic E-state index is 11.1. The second-order valence-electron chi connectivity index (χ2n) is 2.71. The molecule has 15 heavy (non-hydrogen) atoms. The van der Waals surface area contributed by atoms with E-state index >= 15 is 0 Å². The van der Waals surface area contributed by atoms with Crippen molar-refractivity contribution in [2.45, 2.75) is 13.5 Å². The molecule has 0 aliphatic rings. The molecule has 0 amide bonds. The molecule has 0 atom stereocenters. The third kappa shape index (κ3) is 2.88. The number of hydrogen-bond donors (Lipinski definition) is 1. The molecule has 6 nitrogen and oxygen atoms in total. The molecule has 1 aromatic heterocycles. The van der Waals surface area contributed by atoms with Gasteiger partial charge in [-0.1, -0.05) is 0 Å². The zero-order valence-electron chi connectivity index (χ0n) is 8.69. The molecule has 1 aromatic rings. The predicted molar refractivity (Wildman–Crippen MR) is 53.1 cm³/mol. The van der Waals surface area contributed by atoms with Gasteiger partial charge in [-0.2, -0.15) is 0 Å². The van der Waals surface area contributed by atoms with Crippen LogP contribution in [-0.2, 0) is 16.1 Å². The molecule has 0 radical (unpaired) electrons. The SMILES string of the molecule is CCOCc1ncc(C(=O)OC)c(N)n1. The first-order valence-corrected chi connectivity index (χ1v) is 4.46. The van der Waals surface area contributed by atoms with Crippen molar-refractivity contribution < 1.29 is 14.3 Å². The van der Waals surface area contributed by atoms with Crippen LogP contribution >= 0.6 is 0 Å². The Morgan fingerprint density at radius 2 is 2.33 bits per heavy atom. The number of anilines is 1. The van der Waals surface area contributed by atoms with Crippen LogP contribution in [0.25, 0.3) is 0 Å². The number of hydrogen-bond acceptors (Lipinski definition) is 6. The zero-order valence-corrected chi connectivity index (χ0v) is 8.69. The van der Waals surface area contributed by atoms with Crippen LogP contribution in [0, 0.1) is 0 Å². The smallest absolute Gasteiger partial charge is 0.343 e. The van der Waals surface area contributed by atoms with Gasteiger partial charge in [0.15, 0.2) is 5.82 Å². The molecule has 82 valence electrons. The van der Waals surface area contributed by atoms with Crippen LogP contribution in [0.2, 0.25) is 0 Å². The van der Waals surface area contributed by atoms with Crippen molar-refractivity contribution in [1.82, 2.24) is 9.97 Å². The minimum atomic E-state index is -0.546. The third-order valence-corrected chi connectivity index (χ3v) is 1.71. The summed E-state index contributed by atoms with van der Waals surface area (Å²) in [5.41, 5.74) is 5.73. The average Bonchev–Trinajstić information content (AvgIpc) is 2.25. The summed E-state index contributed by atoms with van der Waals surface area (Å²) in [6.45, 7) is 2.72. The van der Waals surface area contributed by atoms with Gasteiger partial charge >= 0.3 is 5.97 Å². The molecular formula is C9H13N3O3. The number of ether oxygens (including phenoxy) is 2. The number of aromatic nitrogens is 2. The number of nitrogens with zero attached hydrogens (tertiary/aromatic N) is 2. The van der Waals surface area contributed by atoms with Crippen molar-refractivity contribution in [3.63, 3.8) is 0 Å². The Morgan fingerprint density at radius 3 is 2.87 bits per heavy atom. The number of nitrogens with two attached hydrogens (primary N) is 1. The molecule has 0 unspecified atom stereocenters. The maximum Gasteiger partial charge on any atom is 0.343 e. The Labute approximate surface area is 87.4 Å². The van der Waals surface area contributed by atoms with Gasteiger partial charge in [-0.25, -0.2) is 14.8 Å². The molecule has 0 aliphatic heterocycles. The number of carbonyl (C=O) groups excluding carboxylic acids is 1. The first-order valence-electron chi connectivity index (χ1n) is 4.46. The molecular weight excluding hydrogens is 198 g/mol. The van der Waals surface area contributed by atoms with Gasteiger partial charge < -0.3 is 15.2 Å². The van der Waals surface area contributed by atoms with Crippen LogP contribution in [0.3, 0.4) is 0 Å². The van der Waals surface area contributed by atoms with Crippen LogP contribution < -0.4 is 5.73 Å². The van der Waals surface area contributed by atoms with Crippen molar-refractivity contribution in [3.05, 3.63) is 17.6 Å². The fraction of sp³-hybridized carbons (Fsp3) is 0.444. The van der Waals surface area contributed by atoms with Gasteiger partial charge in [0, 0.05) is 12.8 Å². The van der Waals surface area contributed by atoms with Gasteiger partial charge in [0.1, 0.15) is 18.0 Å². The molecule has 0 saturated heterocycles. The molecule has 0 aliphatic carbocycles. The van der Waals surface area contributed by atoms with E-state index in [0.717, 1.165) is 0 Å². The van der Waals surface area contributed by atoms with Crippen molar-refractivity contribution in [2.75, 3.05) is 19.5 Å². The number of carbonyl (C=O) groups is 1. The summed E-state index contributed by atoms with van der Waals surface area (Å²) in [5, 5.41) is 0. The van der Waals surface area contributed by atoms with Gasteiger partial charge in [-0.3, -0.25) is 0 Å². The summed E-state index contributed by atoms with van der Waals surface area (Å²) in [6.07, 6.45) is 1.34. The fourth-order valence-electron chi connectivity index (χ4n) is 0.963. The van der Waals surface area contributed by atoms with E-state index in [4.69, 9.17) is 10.5 Å². The number of rotatable bonds is 4. The maximum absolute atomic E-state index is 11.1. The highest BCUT2D eigenvalue weighted by molar-refractivity contribution is 5.93. The van der Waals surface area contributed by atoms with E-state index in [1.807, 2.05) is 6.92 Å². The van der Waals surface area contributed by atoms with Gasteiger partial charge in [-0.15, -0.1) is 0 Å². The number of esters is 1. The lowest BCUT2D eigenvalue weighted by Crippen LogP contribution is -2.10. The topological polar surface area (TPSA) is 87.3 Å². The Morgan fingerprint density at radius 1 is 1.60 bits per heavy atom. The van der Waals surface area contributed by atoms with E-state index in [2.05, 4.69) is 14.7 Å². The quantitative estimate of drug-likeness (QED) is 0.724. The Bertz CT molecular complexity index is 354. The number of methoxy groups -OCH3 is 1. The van der Waals surface area contributed by atoms with E-state index in [-0.39, 0.29) is 18.0 Å². The summed E-state index contributed by atoms with van der Waals surface area (Å²) in [4.78, 5) is 19.0. The predicted octanol–water partition coefficient (Wildman–Crippen LogP) is 0.382. The van der Waals surface area contributed by atoms with Gasteiger partial charge in [0.2, 0.25) is 0 Å². The Hall–Kier alpha value is -1.69. The van der Waals surface area contributed by atoms with Crippen molar-refractivity contribution in [2.24, 2.45) is 0 Å². The second kappa shape index (κ2) is 5.26. The highest BCUT2D eigenvalue weighted by atomic mass is 16.5. The van der Waals surface area contributed by atoms with E-state index in [9.17, 15) is 4.79 Å². The summed E-state index contributed by atoms with van der Waals surface area (Å²) in [5.74, 6) is 0.00372. The van der Waals surface area contributed by atoms with Crippen molar-refractivity contribution in [1.29, 1.82) is 0 Å². The molecule has 0 bridgehead atoms. The lowest BCUT2D eigenvalue weighted by atomic mass is 10.3. The van der Waals surface area contributed by atoms with Crippen LogP contribution in [0.15, 0.2) is 6.20 Å². The second-order valence-corrected chi connectivity index (χ2v) is 2.71. The minimum Gasteiger partial charge on any atom is -0.465 e. The fourth-order valence-corrected chi connectivity index (χ4v) is 0.963. The molecule has 0 saturated carbocycles. The Balaban J connectivity index is 2.83. The molecule has 1 heterocycles. The summed E-state index contributed by atoms with van der Waals surface area (Å²) < 4.78 is 9.61. The monoisotopic (exact) mass is 211 g/mol. The molecule has 0 fully saturated rings. The molecule has 1 rings (SSSR count). The van der Waals surface area contributed by atoms with Crippen LogP contribution in [0.4, 0.5) is 5.82 Å². The molecule has 2 N–H and O–H groups in total. The van der Waals surface area contributed by atoms with Crippen LogP contribution in [0.5, 0.6) is 0 Å². The highest BCUT2D eigenvalue weighted by Crippen LogP contribution is 2.09. The van der Waals surface area contributed by atoms with E-state index in [1.54, 1.807) is 0 Å². The van der Waals surface area contributed by atoms with Gasteiger partial charge in [0.25, 0.3) is 0 Å². The first kappa shape index (κ1) is 11.4. The minimum absolute atomic E-state index is 0.103. The zero-order chi connectivity index (χ0) is 11.3. The van der Waals surface area contributed by atoms with Crippen molar-refractivity contribution >= 4 is 11.8 Å². The van der Waals surface area contributed by atoms with Gasteiger partial charge in [0.05, 0.1) is 7.11 Å². The number of nitrogen functional groups attached to an aromatic ring is 1. The first-order chi connectivity index (χ1) is 7.19. The van der Waals surface area contributed by atoms with E-state index < -0.39 is 5.97 Å². The Kier molecular flexibility index (Phi) is 3.99. The molecule has 0 spiro atoms. The largest absolute Gasteiger partial charge is 0.465 e. The van der Waals surface area contributed by atoms with Crippen molar-refractivity contribution in [3.8, 4) is 0 Å². The normalized spacial score (nSPS) is 10.0. The highest BCUT2D eigenvalue weighted by Gasteiger charge is 2.12. The lowest BCUT2D eigenvalue weighted by molar-refractivity contribution is 0.0600. The molecule has 0 aromatic carbocycles. The lowest BCUT2D eigenvalue weighted by Gasteiger charge is -2.04. The summed E-state index contributed by atoms with van der Waals surface area (Å²) >= 11 is 0. The van der Waals surface area contributed by atoms with Gasteiger partial charge in [-0.05, 0) is 6.92 Å². The summed E-state index contributed by atoms with van der Waals surface area (Å²) in [7, 11) is 1.27. The summed E-state index contributed by atoms with van der Waals surface area (Å²) in [6, 6.07) is 0. The van der Waals surface area contributed by atoms with E-state index in [1.165, 1.54) is 13.3 Å². The third-order valence-electron chi connectivity index (χ3n) is 1.71. The molecule has 6 heteroatoms.